The van der Waals surface area contributed by atoms with Crippen LogP contribution in [-0.2, 0) is 6.42 Å². The van der Waals surface area contributed by atoms with E-state index in [1.807, 2.05) is 18.4 Å². The minimum Gasteiger partial charge on any atom is -0.483 e. The SMILES string of the molecule is CSc1nc(N)cc(Oc2cccc3c2OC(C)(C)C3)n1. The van der Waals surface area contributed by atoms with E-state index >= 15 is 0 Å². The van der Waals surface area contributed by atoms with Gasteiger partial charge in [0, 0.05) is 18.1 Å². The summed E-state index contributed by atoms with van der Waals surface area (Å²) in [6, 6.07) is 7.49. The van der Waals surface area contributed by atoms with Crippen molar-refractivity contribution in [1.82, 2.24) is 9.97 Å². The number of thioether (sulfide) groups is 1. The zero-order chi connectivity index (χ0) is 15.0. The summed E-state index contributed by atoms with van der Waals surface area (Å²) in [4.78, 5) is 8.41. The van der Waals surface area contributed by atoms with Gasteiger partial charge in [-0.2, -0.15) is 4.98 Å². The van der Waals surface area contributed by atoms with Crippen LogP contribution >= 0.6 is 11.8 Å². The third-order valence-corrected chi connectivity index (χ3v) is 3.70. The topological polar surface area (TPSA) is 70.3 Å². The predicted octanol–water partition coefficient (Wildman–Crippen LogP) is 3.29. The molecule has 1 aromatic carbocycles. The van der Waals surface area contributed by atoms with Crippen LogP contribution in [0.2, 0.25) is 0 Å². The summed E-state index contributed by atoms with van der Waals surface area (Å²) in [5, 5.41) is 0.582. The zero-order valence-electron chi connectivity index (χ0n) is 12.2. The fourth-order valence-electron chi connectivity index (χ4n) is 2.34. The monoisotopic (exact) mass is 303 g/mol. The lowest BCUT2D eigenvalue weighted by Gasteiger charge is -2.18. The van der Waals surface area contributed by atoms with E-state index in [9.17, 15) is 0 Å². The van der Waals surface area contributed by atoms with E-state index in [0.717, 1.165) is 17.7 Å². The molecule has 0 fully saturated rings. The van der Waals surface area contributed by atoms with Crippen LogP contribution in [0, 0.1) is 0 Å². The lowest BCUT2D eigenvalue weighted by Crippen LogP contribution is -2.24. The Morgan fingerprint density at radius 1 is 1.33 bits per heavy atom. The molecule has 0 radical (unpaired) electrons. The van der Waals surface area contributed by atoms with Gasteiger partial charge in [0.1, 0.15) is 11.4 Å². The molecule has 0 amide bonds. The average Bonchev–Trinajstić information content (AvgIpc) is 2.73. The normalized spacial score (nSPS) is 15.4. The van der Waals surface area contributed by atoms with E-state index < -0.39 is 0 Å². The quantitative estimate of drug-likeness (QED) is 0.693. The second kappa shape index (κ2) is 5.11. The summed E-state index contributed by atoms with van der Waals surface area (Å²) in [5.41, 5.74) is 6.70. The molecule has 1 aliphatic rings. The molecule has 0 saturated carbocycles. The second-order valence-electron chi connectivity index (χ2n) is 5.50. The maximum absolute atomic E-state index is 5.98. The number of benzene rings is 1. The van der Waals surface area contributed by atoms with Crippen molar-refractivity contribution >= 4 is 17.6 Å². The van der Waals surface area contributed by atoms with Crippen LogP contribution in [0.25, 0.3) is 0 Å². The van der Waals surface area contributed by atoms with E-state index in [2.05, 4.69) is 29.9 Å². The van der Waals surface area contributed by atoms with Crippen LogP contribution in [-0.4, -0.2) is 21.8 Å². The summed E-state index contributed by atoms with van der Waals surface area (Å²) >= 11 is 1.42. The van der Waals surface area contributed by atoms with Gasteiger partial charge in [0.25, 0.3) is 0 Å². The Bertz CT molecular complexity index is 689. The molecule has 110 valence electrons. The molecule has 2 N–H and O–H groups in total. The van der Waals surface area contributed by atoms with Crippen molar-refractivity contribution in [1.29, 1.82) is 0 Å². The van der Waals surface area contributed by atoms with Crippen LogP contribution in [0.3, 0.4) is 0 Å². The molecule has 2 aromatic rings. The van der Waals surface area contributed by atoms with Crippen LogP contribution in [0.5, 0.6) is 17.4 Å². The Morgan fingerprint density at radius 3 is 2.90 bits per heavy atom. The number of hydrogen-bond acceptors (Lipinski definition) is 6. The molecule has 21 heavy (non-hydrogen) atoms. The first-order chi connectivity index (χ1) is 9.97. The van der Waals surface area contributed by atoms with Gasteiger partial charge in [-0.05, 0) is 26.2 Å². The summed E-state index contributed by atoms with van der Waals surface area (Å²) in [5.74, 6) is 2.25. The summed E-state index contributed by atoms with van der Waals surface area (Å²) in [6.07, 6.45) is 2.76. The average molecular weight is 303 g/mol. The second-order valence-corrected chi connectivity index (χ2v) is 6.28. The predicted molar refractivity (Wildman–Crippen MR) is 83.2 cm³/mol. The molecule has 0 aliphatic carbocycles. The third kappa shape index (κ3) is 2.90. The minimum atomic E-state index is -0.211. The van der Waals surface area contributed by atoms with Gasteiger partial charge in [-0.25, -0.2) is 4.98 Å². The van der Waals surface area contributed by atoms with Crippen molar-refractivity contribution in [3.63, 3.8) is 0 Å². The molecule has 1 aliphatic heterocycles. The number of anilines is 1. The van der Waals surface area contributed by atoms with Gasteiger partial charge in [0.05, 0.1) is 0 Å². The lowest BCUT2D eigenvalue weighted by atomic mass is 10.0. The number of nitrogens with zero attached hydrogens (tertiary/aromatic N) is 2. The smallest absolute Gasteiger partial charge is 0.225 e. The number of aromatic nitrogens is 2. The molecule has 0 unspecified atom stereocenters. The molecule has 1 aromatic heterocycles. The Hall–Kier alpha value is -1.95. The summed E-state index contributed by atoms with van der Waals surface area (Å²) in [7, 11) is 0. The van der Waals surface area contributed by atoms with E-state index in [-0.39, 0.29) is 5.60 Å². The highest BCUT2D eigenvalue weighted by Gasteiger charge is 2.32. The van der Waals surface area contributed by atoms with E-state index in [1.165, 1.54) is 11.8 Å². The van der Waals surface area contributed by atoms with Crippen LogP contribution in [0.15, 0.2) is 29.4 Å². The van der Waals surface area contributed by atoms with Crippen molar-refractivity contribution < 1.29 is 9.47 Å². The largest absolute Gasteiger partial charge is 0.483 e. The van der Waals surface area contributed by atoms with Crippen LogP contribution in [0.4, 0.5) is 5.82 Å². The first-order valence-electron chi connectivity index (χ1n) is 6.64. The maximum atomic E-state index is 5.98. The Kier molecular flexibility index (Phi) is 3.41. The van der Waals surface area contributed by atoms with E-state index in [1.54, 1.807) is 6.07 Å². The maximum Gasteiger partial charge on any atom is 0.225 e. The number of nitrogen functional groups attached to an aromatic ring is 1. The molecular weight excluding hydrogens is 286 g/mol. The van der Waals surface area contributed by atoms with Crippen molar-refractivity contribution in [3.05, 3.63) is 29.8 Å². The number of rotatable bonds is 3. The minimum absolute atomic E-state index is 0.211. The van der Waals surface area contributed by atoms with Gasteiger partial charge in [-0.1, -0.05) is 23.9 Å². The number of nitrogens with two attached hydrogens (primary N) is 1. The van der Waals surface area contributed by atoms with Gasteiger partial charge in [-0.3, -0.25) is 0 Å². The third-order valence-electron chi connectivity index (χ3n) is 3.15. The van der Waals surface area contributed by atoms with Crippen molar-refractivity contribution in [2.24, 2.45) is 0 Å². The van der Waals surface area contributed by atoms with E-state index in [4.69, 9.17) is 15.2 Å². The number of hydrogen-bond donors (Lipinski definition) is 1. The summed E-state index contributed by atoms with van der Waals surface area (Å²) in [6.45, 7) is 4.12. The van der Waals surface area contributed by atoms with Gasteiger partial charge in [-0.15, -0.1) is 0 Å². The highest BCUT2D eigenvalue weighted by atomic mass is 32.2. The van der Waals surface area contributed by atoms with Gasteiger partial charge in [0.15, 0.2) is 16.7 Å². The van der Waals surface area contributed by atoms with Gasteiger partial charge >= 0.3 is 0 Å². The van der Waals surface area contributed by atoms with Crippen molar-refractivity contribution in [3.8, 4) is 17.4 Å². The lowest BCUT2D eigenvalue weighted by molar-refractivity contribution is 0.135. The molecule has 0 spiro atoms. The Labute approximate surface area is 127 Å². The number of para-hydroxylation sites is 1. The Balaban J connectivity index is 1.94. The van der Waals surface area contributed by atoms with Crippen molar-refractivity contribution in [2.45, 2.75) is 31.0 Å². The van der Waals surface area contributed by atoms with Crippen LogP contribution in [0.1, 0.15) is 19.4 Å². The van der Waals surface area contributed by atoms with Crippen molar-refractivity contribution in [2.75, 3.05) is 12.0 Å². The number of ether oxygens (including phenoxy) is 2. The molecular formula is C15H17N3O2S. The van der Waals surface area contributed by atoms with Gasteiger partial charge < -0.3 is 15.2 Å². The molecule has 6 heteroatoms. The zero-order valence-corrected chi connectivity index (χ0v) is 13.0. The molecule has 2 heterocycles. The molecule has 5 nitrogen and oxygen atoms in total. The highest BCUT2D eigenvalue weighted by molar-refractivity contribution is 7.98. The molecule has 0 atom stereocenters. The first kappa shape index (κ1) is 14.0. The summed E-state index contributed by atoms with van der Waals surface area (Å²) < 4.78 is 11.8. The highest BCUT2D eigenvalue weighted by Crippen LogP contribution is 2.43. The van der Waals surface area contributed by atoms with Gasteiger partial charge in [0.2, 0.25) is 5.88 Å². The van der Waals surface area contributed by atoms with E-state index in [0.29, 0.717) is 22.6 Å². The Morgan fingerprint density at radius 2 is 2.14 bits per heavy atom. The molecule has 0 bridgehead atoms. The van der Waals surface area contributed by atoms with Crippen LogP contribution < -0.4 is 15.2 Å². The molecule has 3 rings (SSSR count). The first-order valence-corrected chi connectivity index (χ1v) is 7.87. The fraction of sp³-hybridized carbons (Fsp3) is 0.333. The number of fused-ring (bicyclic) bond motifs is 1. The standard InChI is InChI=1S/C15H17N3O2S/c1-15(2)8-9-5-4-6-10(13(9)20-15)19-12-7-11(16)17-14(18-12)21-3/h4-7H,8H2,1-3H3,(H2,16,17,18). The molecule has 0 saturated heterocycles. The fourth-order valence-corrected chi connectivity index (χ4v) is 2.72.